The van der Waals surface area contributed by atoms with Crippen molar-refractivity contribution in [3.8, 4) is 0 Å². The van der Waals surface area contributed by atoms with Crippen molar-refractivity contribution in [3.63, 3.8) is 0 Å². The van der Waals surface area contributed by atoms with E-state index in [1.807, 2.05) is 6.07 Å². The van der Waals surface area contributed by atoms with Crippen LogP contribution in [0.3, 0.4) is 0 Å². The summed E-state index contributed by atoms with van der Waals surface area (Å²) in [6, 6.07) is 17.1. The zero-order valence-corrected chi connectivity index (χ0v) is 12.7. The molecule has 5 nitrogen and oxygen atoms in total. The highest BCUT2D eigenvalue weighted by atomic mass is 16.2. The van der Waals surface area contributed by atoms with E-state index in [1.165, 1.54) is 0 Å². The summed E-state index contributed by atoms with van der Waals surface area (Å²) in [5.41, 5.74) is 0.0180. The number of urea groups is 1. The highest BCUT2D eigenvalue weighted by Crippen LogP contribution is 2.28. The van der Waals surface area contributed by atoms with Gasteiger partial charge in [0, 0.05) is 5.56 Å². The summed E-state index contributed by atoms with van der Waals surface area (Å²) in [4.78, 5) is 38.1. The number of ketones is 1. The summed E-state index contributed by atoms with van der Waals surface area (Å²) in [6.45, 7) is 1.38. The molecule has 1 aliphatic heterocycles. The van der Waals surface area contributed by atoms with Crippen LogP contribution in [0, 0.1) is 0 Å². The Morgan fingerprint density at radius 3 is 2.17 bits per heavy atom. The lowest BCUT2D eigenvalue weighted by Crippen LogP contribution is -2.41. The maximum Gasteiger partial charge on any atom is 0.325 e. The molecule has 0 aliphatic carbocycles. The maximum absolute atomic E-state index is 12.7. The van der Waals surface area contributed by atoms with Gasteiger partial charge in [-0.1, -0.05) is 60.7 Å². The minimum absolute atomic E-state index is 0.267. The summed E-state index contributed by atoms with van der Waals surface area (Å²) < 4.78 is 0. The van der Waals surface area contributed by atoms with E-state index in [1.54, 1.807) is 61.5 Å². The van der Waals surface area contributed by atoms with Gasteiger partial charge in [0.05, 0.1) is 6.54 Å². The number of imide groups is 1. The first-order valence-electron chi connectivity index (χ1n) is 7.30. The van der Waals surface area contributed by atoms with Crippen molar-refractivity contribution in [1.29, 1.82) is 0 Å². The van der Waals surface area contributed by atoms with Gasteiger partial charge in [-0.2, -0.15) is 0 Å². The van der Waals surface area contributed by atoms with Crippen LogP contribution in [0.5, 0.6) is 0 Å². The molecule has 1 atom stereocenters. The Morgan fingerprint density at radius 2 is 1.57 bits per heavy atom. The number of carbonyl (C=O) groups is 3. The average molecular weight is 308 g/mol. The quantitative estimate of drug-likeness (QED) is 0.696. The van der Waals surface area contributed by atoms with E-state index >= 15 is 0 Å². The summed E-state index contributed by atoms with van der Waals surface area (Å²) in [5, 5.41) is 2.69. The Hall–Kier alpha value is -2.95. The number of amides is 3. The lowest BCUT2D eigenvalue weighted by molar-refractivity contribution is -0.130. The minimum Gasteiger partial charge on any atom is -0.319 e. The van der Waals surface area contributed by atoms with Crippen LogP contribution in [-0.4, -0.2) is 29.2 Å². The molecule has 0 spiro atoms. The monoisotopic (exact) mass is 308 g/mol. The van der Waals surface area contributed by atoms with Gasteiger partial charge in [0.25, 0.3) is 5.91 Å². The van der Waals surface area contributed by atoms with Gasteiger partial charge >= 0.3 is 6.03 Å². The molecule has 0 radical (unpaired) electrons. The van der Waals surface area contributed by atoms with E-state index in [-0.39, 0.29) is 12.3 Å². The van der Waals surface area contributed by atoms with E-state index in [2.05, 4.69) is 5.32 Å². The van der Waals surface area contributed by atoms with E-state index in [0.29, 0.717) is 11.1 Å². The number of carbonyl (C=O) groups excluding carboxylic acids is 3. The highest BCUT2D eigenvalue weighted by molar-refractivity contribution is 6.11. The van der Waals surface area contributed by atoms with Gasteiger partial charge in [0.2, 0.25) is 0 Å². The Balaban J connectivity index is 1.84. The van der Waals surface area contributed by atoms with Gasteiger partial charge in [-0.25, -0.2) is 4.79 Å². The minimum atomic E-state index is -1.14. The molecule has 1 unspecified atom stereocenters. The molecule has 0 bridgehead atoms. The van der Waals surface area contributed by atoms with Crippen molar-refractivity contribution in [2.75, 3.05) is 6.54 Å². The summed E-state index contributed by atoms with van der Waals surface area (Å²) >= 11 is 0. The molecular weight excluding hydrogens is 292 g/mol. The largest absolute Gasteiger partial charge is 0.325 e. The number of hydrogen-bond donors (Lipinski definition) is 1. The van der Waals surface area contributed by atoms with Crippen molar-refractivity contribution in [2.45, 2.75) is 12.5 Å². The SMILES string of the molecule is CC1(c2ccccc2)NC(=O)N(CC(=O)c2ccccc2)C1=O. The molecule has 1 heterocycles. The van der Waals surface area contributed by atoms with Crippen LogP contribution in [0.2, 0.25) is 0 Å². The fraction of sp³-hybridized carbons (Fsp3) is 0.167. The smallest absolute Gasteiger partial charge is 0.319 e. The Labute approximate surface area is 133 Å². The van der Waals surface area contributed by atoms with Gasteiger partial charge in [-0.05, 0) is 12.5 Å². The predicted molar refractivity (Wildman–Crippen MR) is 84.8 cm³/mol. The van der Waals surface area contributed by atoms with Crippen molar-refractivity contribution in [1.82, 2.24) is 10.2 Å². The highest BCUT2D eigenvalue weighted by Gasteiger charge is 2.49. The first kappa shape index (κ1) is 15.0. The molecular formula is C18H16N2O3. The fourth-order valence-electron chi connectivity index (χ4n) is 2.67. The molecule has 1 saturated heterocycles. The molecule has 3 rings (SSSR count). The number of nitrogens with zero attached hydrogens (tertiary/aromatic N) is 1. The number of nitrogens with one attached hydrogen (secondary N) is 1. The van der Waals surface area contributed by atoms with Gasteiger partial charge < -0.3 is 5.32 Å². The third-order valence-corrected chi connectivity index (χ3v) is 4.02. The predicted octanol–water partition coefficient (Wildman–Crippen LogP) is 2.34. The molecule has 0 saturated carbocycles. The normalized spacial score (nSPS) is 20.5. The number of benzene rings is 2. The van der Waals surface area contributed by atoms with Crippen molar-refractivity contribution in [3.05, 3.63) is 71.8 Å². The first-order chi connectivity index (χ1) is 11.0. The van der Waals surface area contributed by atoms with Gasteiger partial charge in [0.1, 0.15) is 5.54 Å². The first-order valence-corrected chi connectivity index (χ1v) is 7.30. The Kier molecular flexibility index (Phi) is 3.70. The van der Waals surface area contributed by atoms with E-state index in [4.69, 9.17) is 0 Å². The Bertz CT molecular complexity index is 758. The van der Waals surface area contributed by atoms with Gasteiger partial charge in [-0.15, -0.1) is 0 Å². The average Bonchev–Trinajstić information content (AvgIpc) is 2.81. The summed E-state index contributed by atoms with van der Waals surface area (Å²) in [7, 11) is 0. The molecule has 23 heavy (non-hydrogen) atoms. The van der Waals surface area contributed by atoms with Crippen LogP contribution in [-0.2, 0) is 10.3 Å². The number of Topliss-reactive ketones (excluding diaryl/α,β-unsaturated/α-hetero) is 1. The summed E-state index contributed by atoms with van der Waals surface area (Å²) in [5.74, 6) is -0.690. The fourth-order valence-corrected chi connectivity index (χ4v) is 2.67. The third kappa shape index (κ3) is 2.61. The zero-order chi connectivity index (χ0) is 16.4. The van der Waals surface area contributed by atoms with Crippen LogP contribution in [0.15, 0.2) is 60.7 Å². The molecule has 5 heteroatoms. The standard InChI is InChI=1S/C18H16N2O3/c1-18(14-10-6-3-7-11-14)16(22)20(17(23)19-18)12-15(21)13-8-4-2-5-9-13/h2-11H,12H2,1H3,(H,19,23). The molecule has 1 fully saturated rings. The van der Waals surface area contributed by atoms with Gasteiger partial charge in [-0.3, -0.25) is 14.5 Å². The number of rotatable bonds is 4. The lowest BCUT2D eigenvalue weighted by Gasteiger charge is -2.22. The van der Waals surface area contributed by atoms with Crippen molar-refractivity contribution >= 4 is 17.7 Å². The second-order valence-corrected chi connectivity index (χ2v) is 5.60. The molecule has 3 amide bonds. The van der Waals surface area contributed by atoms with E-state index < -0.39 is 17.5 Å². The molecule has 2 aromatic carbocycles. The second-order valence-electron chi connectivity index (χ2n) is 5.60. The maximum atomic E-state index is 12.7. The third-order valence-electron chi connectivity index (χ3n) is 4.02. The van der Waals surface area contributed by atoms with Crippen molar-refractivity contribution in [2.24, 2.45) is 0 Å². The Morgan fingerprint density at radius 1 is 1.00 bits per heavy atom. The topological polar surface area (TPSA) is 66.5 Å². The molecule has 116 valence electrons. The molecule has 1 aliphatic rings. The lowest BCUT2D eigenvalue weighted by atomic mass is 9.92. The van der Waals surface area contributed by atoms with Crippen molar-refractivity contribution < 1.29 is 14.4 Å². The second kappa shape index (κ2) is 5.68. The van der Waals surface area contributed by atoms with E-state index in [0.717, 1.165) is 4.90 Å². The van der Waals surface area contributed by atoms with Crippen LogP contribution in [0.25, 0.3) is 0 Å². The van der Waals surface area contributed by atoms with Crippen LogP contribution < -0.4 is 5.32 Å². The molecule has 2 aromatic rings. The van der Waals surface area contributed by atoms with Gasteiger partial charge in [0.15, 0.2) is 5.78 Å². The van der Waals surface area contributed by atoms with Crippen LogP contribution in [0.1, 0.15) is 22.8 Å². The van der Waals surface area contributed by atoms with Crippen LogP contribution >= 0.6 is 0 Å². The number of hydrogen-bond acceptors (Lipinski definition) is 3. The zero-order valence-electron chi connectivity index (χ0n) is 12.7. The van der Waals surface area contributed by atoms with Crippen LogP contribution in [0.4, 0.5) is 4.79 Å². The summed E-state index contributed by atoms with van der Waals surface area (Å²) in [6.07, 6.45) is 0. The van der Waals surface area contributed by atoms with E-state index in [9.17, 15) is 14.4 Å². The molecule has 0 aromatic heterocycles. The molecule has 1 N–H and O–H groups in total.